The number of benzene rings is 1. The van der Waals surface area contributed by atoms with Crippen molar-refractivity contribution in [2.45, 2.75) is 77.4 Å². The first kappa shape index (κ1) is 27.5. The van der Waals surface area contributed by atoms with Crippen LogP contribution in [0.1, 0.15) is 88.9 Å². The van der Waals surface area contributed by atoms with Crippen LogP contribution in [0.5, 0.6) is 0 Å². The normalized spacial score (nSPS) is 23.0. The number of pyridine rings is 1. The van der Waals surface area contributed by atoms with Crippen molar-refractivity contribution in [3.05, 3.63) is 65.2 Å². The van der Waals surface area contributed by atoms with E-state index in [4.69, 9.17) is 10.1 Å². The van der Waals surface area contributed by atoms with Crippen molar-refractivity contribution in [3.63, 3.8) is 0 Å². The van der Waals surface area contributed by atoms with Crippen LogP contribution in [0, 0.1) is 5.41 Å². The van der Waals surface area contributed by atoms with E-state index in [0.29, 0.717) is 24.7 Å². The van der Waals surface area contributed by atoms with E-state index in [-0.39, 0.29) is 17.4 Å². The van der Waals surface area contributed by atoms with Gasteiger partial charge < -0.3 is 15.3 Å². The summed E-state index contributed by atoms with van der Waals surface area (Å²) in [5, 5.41) is 20.5. The molecule has 0 radical (unpaired) electrons. The average Bonchev–Trinajstić information content (AvgIpc) is 3.35. The Kier molecular flexibility index (Phi) is 6.92. The number of rotatable bonds is 7. The maximum absolute atomic E-state index is 12.6. The van der Waals surface area contributed by atoms with Gasteiger partial charge in [-0.2, -0.15) is 5.10 Å². The van der Waals surface area contributed by atoms with Crippen molar-refractivity contribution in [2.75, 3.05) is 26.7 Å². The summed E-state index contributed by atoms with van der Waals surface area (Å²) in [6, 6.07) is 10.4. The van der Waals surface area contributed by atoms with Crippen LogP contribution in [0.4, 0.5) is 0 Å². The Bertz CT molecular complexity index is 1360. The van der Waals surface area contributed by atoms with Gasteiger partial charge in [-0.3, -0.25) is 9.78 Å². The van der Waals surface area contributed by atoms with Crippen LogP contribution in [0.2, 0.25) is 0 Å². The molecule has 3 aromatic rings. The number of nitrogens with zero attached hydrogens (tertiary/aromatic N) is 5. The molecule has 2 aliphatic heterocycles. The van der Waals surface area contributed by atoms with Crippen LogP contribution in [0.25, 0.3) is 11.4 Å². The highest BCUT2D eigenvalue weighted by Crippen LogP contribution is 2.50. The quantitative estimate of drug-likeness (QED) is 0.470. The molecule has 2 fully saturated rings. The van der Waals surface area contributed by atoms with E-state index in [1.165, 1.54) is 5.56 Å². The molecular weight excluding hydrogens is 488 g/mol. The second-order valence-electron chi connectivity index (χ2n) is 12.8. The molecule has 4 heterocycles. The van der Waals surface area contributed by atoms with Gasteiger partial charge in [-0.05, 0) is 50.4 Å². The van der Waals surface area contributed by atoms with Gasteiger partial charge in [0.1, 0.15) is 11.4 Å². The van der Waals surface area contributed by atoms with Gasteiger partial charge in [0.25, 0.3) is 0 Å². The lowest BCUT2D eigenvalue weighted by Gasteiger charge is -2.55. The van der Waals surface area contributed by atoms with Crippen molar-refractivity contribution in [2.24, 2.45) is 5.41 Å². The molecule has 0 aliphatic carbocycles. The molecular formula is C31H42N6O2. The van der Waals surface area contributed by atoms with Crippen molar-refractivity contribution in [1.29, 1.82) is 0 Å². The highest BCUT2D eigenvalue weighted by atomic mass is 16.3. The second kappa shape index (κ2) is 9.82. The fourth-order valence-corrected chi connectivity index (χ4v) is 6.50. The third-order valence-electron chi connectivity index (χ3n) is 8.73. The monoisotopic (exact) mass is 530 g/mol. The first-order valence-corrected chi connectivity index (χ1v) is 14.1. The SMILES string of the molecule is CC(C)c1ccc([C@](O)(c2cncc(-c3nc(C4(C)CCNC(=O)C4)n(C(C)C)n3)c2)C2(C)CN(C)C2)cc1. The maximum atomic E-state index is 12.6. The van der Waals surface area contributed by atoms with Crippen molar-refractivity contribution >= 4 is 5.91 Å². The predicted molar refractivity (Wildman–Crippen MR) is 152 cm³/mol. The van der Waals surface area contributed by atoms with Crippen LogP contribution in [-0.4, -0.2) is 62.3 Å². The topological polar surface area (TPSA) is 96.2 Å². The summed E-state index contributed by atoms with van der Waals surface area (Å²) in [5.74, 6) is 1.84. The number of nitrogens with one attached hydrogen (secondary N) is 1. The molecule has 0 bridgehead atoms. The molecule has 208 valence electrons. The van der Waals surface area contributed by atoms with E-state index in [1.807, 2.05) is 10.7 Å². The predicted octanol–water partition coefficient (Wildman–Crippen LogP) is 4.40. The van der Waals surface area contributed by atoms with Gasteiger partial charge in [0.2, 0.25) is 5.91 Å². The third-order valence-corrected chi connectivity index (χ3v) is 8.73. The highest BCUT2D eigenvalue weighted by Gasteiger charge is 2.55. The zero-order valence-electron chi connectivity index (χ0n) is 24.3. The Labute approximate surface area is 231 Å². The number of piperidine rings is 1. The number of likely N-dealkylation sites (tertiary alicyclic amines) is 1. The lowest BCUT2D eigenvalue weighted by molar-refractivity contribution is -0.127. The molecule has 39 heavy (non-hydrogen) atoms. The smallest absolute Gasteiger partial charge is 0.221 e. The van der Waals surface area contributed by atoms with Crippen molar-refractivity contribution in [1.82, 2.24) is 30.0 Å². The molecule has 2 saturated heterocycles. The van der Waals surface area contributed by atoms with Crippen LogP contribution < -0.4 is 5.32 Å². The minimum absolute atomic E-state index is 0.0412. The minimum atomic E-state index is -1.24. The molecule has 1 unspecified atom stereocenters. The maximum Gasteiger partial charge on any atom is 0.221 e. The molecule has 0 spiro atoms. The summed E-state index contributed by atoms with van der Waals surface area (Å²) in [5.41, 5.74) is 1.57. The van der Waals surface area contributed by atoms with Gasteiger partial charge in [0.05, 0.1) is 0 Å². The first-order chi connectivity index (χ1) is 18.4. The number of aromatic nitrogens is 4. The fourth-order valence-electron chi connectivity index (χ4n) is 6.50. The number of aliphatic hydroxyl groups is 1. The van der Waals surface area contributed by atoms with Gasteiger partial charge in [-0.25, -0.2) is 9.67 Å². The van der Waals surface area contributed by atoms with E-state index in [1.54, 1.807) is 12.4 Å². The molecule has 1 amide bonds. The molecule has 2 aromatic heterocycles. The Balaban J connectivity index is 1.60. The minimum Gasteiger partial charge on any atom is -0.380 e. The molecule has 2 aliphatic rings. The first-order valence-electron chi connectivity index (χ1n) is 14.1. The summed E-state index contributed by atoms with van der Waals surface area (Å²) in [6.07, 6.45) is 4.73. The number of carbonyl (C=O) groups is 1. The number of hydrogen-bond acceptors (Lipinski definition) is 6. The Morgan fingerprint density at radius 3 is 2.33 bits per heavy atom. The van der Waals surface area contributed by atoms with Crippen LogP contribution in [0.3, 0.4) is 0 Å². The summed E-state index contributed by atoms with van der Waals surface area (Å²) >= 11 is 0. The van der Waals surface area contributed by atoms with Gasteiger partial charge >= 0.3 is 0 Å². The lowest BCUT2D eigenvalue weighted by atomic mass is 9.62. The van der Waals surface area contributed by atoms with E-state index in [2.05, 4.69) is 88.1 Å². The Morgan fingerprint density at radius 1 is 1.05 bits per heavy atom. The van der Waals surface area contributed by atoms with Gasteiger partial charge in [0, 0.05) is 66.4 Å². The van der Waals surface area contributed by atoms with E-state index in [9.17, 15) is 9.90 Å². The molecule has 2 N–H and O–H groups in total. The lowest BCUT2D eigenvalue weighted by Crippen LogP contribution is -2.63. The van der Waals surface area contributed by atoms with Crippen LogP contribution in [0.15, 0.2) is 42.7 Å². The number of amides is 1. The van der Waals surface area contributed by atoms with Gasteiger partial charge in [-0.15, -0.1) is 0 Å². The Morgan fingerprint density at radius 2 is 1.74 bits per heavy atom. The van der Waals surface area contributed by atoms with E-state index in [0.717, 1.165) is 42.0 Å². The largest absolute Gasteiger partial charge is 0.380 e. The van der Waals surface area contributed by atoms with Crippen molar-refractivity contribution in [3.8, 4) is 11.4 Å². The average molecular weight is 531 g/mol. The number of hydrogen-bond donors (Lipinski definition) is 2. The molecule has 8 heteroatoms. The fraction of sp³-hybridized carbons (Fsp3) is 0.548. The van der Waals surface area contributed by atoms with Gasteiger partial charge in [-0.1, -0.05) is 52.0 Å². The van der Waals surface area contributed by atoms with Gasteiger partial charge in [0.15, 0.2) is 5.82 Å². The van der Waals surface area contributed by atoms with Crippen LogP contribution >= 0.6 is 0 Å². The van der Waals surface area contributed by atoms with E-state index >= 15 is 0 Å². The summed E-state index contributed by atoms with van der Waals surface area (Å²) in [6.45, 7) is 14.9. The molecule has 8 nitrogen and oxygen atoms in total. The third kappa shape index (κ3) is 4.67. The van der Waals surface area contributed by atoms with Crippen LogP contribution in [-0.2, 0) is 15.8 Å². The summed E-state index contributed by atoms with van der Waals surface area (Å²) < 4.78 is 1.94. The molecule has 5 rings (SSSR count). The second-order valence-corrected chi connectivity index (χ2v) is 12.8. The highest BCUT2D eigenvalue weighted by molar-refractivity contribution is 5.78. The molecule has 1 aromatic carbocycles. The van der Waals surface area contributed by atoms with Crippen molar-refractivity contribution < 1.29 is 9.90 Å². The Hall–Kier alpha value is -3.10. The number of carbonyl (C=O) groups excluding carboxylic acids is 1. The summed E-state index contributed by atoms with van der Waals surface area (Å²) in [7, 11) is 2.08. The standard InChI is InChI=1S/C31H42N6O2/c1-20(2)22-8-10-24(11-9-22)31(39,30(6)18-36(7)19-30)25-14-23(16-32-17-25)27-34-28(37(35-27)21(3)4)29(5)12-13-33-26(38)15-29/h8-11,14,16-17,20-21,39H,12-13,15,18-19H2,1-7H3,(H,33,38)/t29?,31-/m0/s1. The molecule has 0 saturated carbocycles. The summed E-state index contributed by atoms with van der Waals surface area (Å²) in [4.78, 5) is 24.1. The van der Waals surface area contributed by atoms with E-state index < -0.39 is 11.0 Å². The zero-order chi connectivity index (χ0) is 28.2. The molecule has 2 atom stereocenters. The zero-order valence-corrected chi connectivity index (χ0v) is 24.3.